The Morgan fingerprint density at radius 2 is 2.20 bits per heavy atom. The zero-order valence-corrected chi connectivity index (χ0v) is 7.46. The molecule has 0 bridgehead atoms. The van der Waals surface area contributed by atoms with Crippen LogP contribution in [0.25, 0.3) is 0 Å². The Bertz CT molecular complexity index is 114. The first kappa shape index (κ1) is 10.0. The molecule has 0 aliphatic rings. The van der Waals surface area contributed by atoms with Crippen molar-refractivity contribution in [3.8, 4) is 0 Å². The Kier molecular flexibility index (Phi) is 7.18. The predicted molar refractivity (Wildman–Crippen MR) is 46.5 cm³/mol. The molecule has 0 aromatic rings. The van der Waals surface area contributed by atoms with Gasteiger partial charge < -0.3 is 0 Å². The fourth-order valence-corrected chi connectivity index (χ4v) is 1.74. The summed E-state index contributed by atoms with van der Waals surface area (Å²) in [5.41, 5.74) is 0. The van der Waals surface area contributed by atoms with Crippen LogP contribution in [0.1, 0.15) is 6.92 Å². The SMILES string of the molecule is CCSCCSC(=O)C=O. The molecular weight excluding hydrogens is 168 g/mol. The zero-order valence-electron chi connectivity index (χ0n) is 5.83. The lowest BCUT2D eigenvalue weighted by Gasteiger charge is -1.93. The third-order valence-corrected chi connectivity index (χ3v) is 2.72. The minimum atomic E-state index is -0.364. The molecule has 0 rings (SSSR count). The molecule has 0 amide bonds. The molecule has 0 heterocycles. The van der Waals surface area contributed by atoms with Crippen LogP contribution in [-0.4, -0.2) is 28.7 Å². The van der Waals surface area contributed by atoms with E-state index in [2.05, 4.69) is 6.92 Å². The highest BCUT2D eigenvalue weighted by Gasteiger charge is 1.97. The predicted octanol–water partition coefficient (Wildman–Crippen LogP) is 1.20. The first-order valence-electron chi connectivity index (χ1n) is 3.01. The molecule has 0 aliphatic heterocycles. The summed E-state index contributed by atoms with van der Waals surface area (Å²) in [6.07, 6.45) is 0.362. The van der Waals surface area contributed by atoms with E-state index in [1.54, 1.807) is 11.8 Å². The summed E-state index contributed by atoms with van der Waals surface area (Å²) in [7, 11) is 0. The van der Waals surface area contributed by atoms with Gasteiger partial charge in [0, 0.05) is 11.5 Å². The Morgan fingerprint density at radius 3 is 2.70 bits per heavy atom. The number of hydrogen-bond donors (Lipinski definition) is 0. The van der Waals surface area contributed by atoms with Crippen molar-refractivity contribution in [3.63, 3.8) is 0 Å². The number of thioether (sulfide) groups is 2. The average Bonchev–Trinajstić information content (AvgIpc) is 1.98. The Hall–Kier alpha value is 0.0400. The van der Waals surface area contributed by atoms with E-state index in [0.717, 1.165) is 29.0 Å². The molecule has 0 spiro atoms. The lowest BCUT2D eigenvalue weighted by molar-refractivity contribution is -0.124. The largest absolute Gasteiger partial charge is 0.294 e. The molecule has 0 radical (unpaired) electrons. The highest BCUT2D eigenvalue weighted by atomic mass is 32.2. The van der Waals surface area contributed by atoms with Crippen LogP contribution in [0.5, 0.6) is 0 Å². The van der Waals surface area contributed by atoms with Crippen molar-refractivity contribution in [2.24, 2.45) is 0 Å². The van der Waals surface area contributed by atoms with Crippen molar-refractivity contribution < 1.29 is 9.59 Å². The van der Waals surface area contributed by atoms with Gasteiger partial charge in [0.2, 0.25) is 0 Å². The Labute approximate surface area is 69.1 Å². The summed E-state index contributed by atoms with van der Waals surface area (Å²) in [6.45, 7) is 2.07. The average molecular weight is 178 g/mol. The van der Waals surface area contributed by atoms with E-state index >= 15 is 0 Å². The van der Waals surface area contributed by atoms with Crippen LogP contribution in [0.2, 0.25) is 0 Å². The molecule has 0 aromatic heterocycles. The van der Waals surface area contributed by atoms with E-state index in [1.807, 2.05) is 0 Å². The molecule has 0 saturated heterocycles. The maximum absolute atomic E-state index is 10.4. The molecule has 58 valence electrons. The highest BCUT2D eigenvalue weighted by Crippen LogP contribution is 2.05. The smallest absolute Gasteiger partial charge is 0.251 e. The number of carbonyl (C=O) groups excluding carboxylic acids is 2. The van der Waals surface area contributed by atoms with Crippen molar-refractivity contribution in [3.05, 3.63) is 0 Å². The molecule has 0 N–H and O–H groups in total. The minimum absolute atomic E-state index is 0.362. The Morgan fingerprint density at radius 1 is 1.50 bits per heavy atom. The van der Waals surface area contributed by atoms with E-state index in [1.165, 1.54) is 0 Å². The standard InChI is InChI=1S/C6H10O2S2/c1-2-9-3-4-10-6(8)5-7/h5H,2-4H2,1H3. The van der Waals surface area contributed by atoms with Gasteiger partial charge in [-0.2, -0.15) is 11.8 Å². The van der Waals surface area contributed by atoms with Gasteiger partial charge in [0.05, 0.1) is 0 Å². The van der Waals surface area contributed by atoms with Crippen LogP contribution in [0.4, 0.5) is 0 Å². The zero-order chi connectivity index (χ0) is 7.82. The molecule has 0 saturated carbocycles. The molecular formula is C6H10O2S2. The molecule has 4 heteroatoms. The molecule has 0 aliphatic carbocycles. The molecule has 2 nitrogen and oxygen atoms in total. The fraction of sp³-hybridized carbons (Fsp3) is 0.667. The van der Waals surface area contributed by atoms with Crippen molar-refractivity contribution in [2.45, 2.75) is 6.92 Å². The van der Waals surface area contributed by atoms with Gasteiger partial charge in [0.15, 0.2) is 6.29 Å². The third-order valence-electron chi connectivity index (χ3n) is 0.772. The molecule has 0 unspecified atom stereocenters. The van der Waals surface area contributed by atoms with Crippen LogP contribution in [0.3, 0.4) is 0 Å². The van der Waals surface area contributed by atoms with Crippen LogP contribution in [0.15, 0.2) is 0 Å². The van der Waals surface area contributed by atoms with Gasteiger partial charge in [-0.3, -0.25) is 9.59 Å². The van der Waals surface area contributed by atoms with Gasteiger partial charge in [0.1, 0.15) is 0 Å². The van der Waals surface area contributed by atoms with Crippen molar-refractivity contribution in [1.82, 2.24) is 0 Å². The topological polar surface area (TPSA) is 34.1 Å². The monoisotopic (exact) mass is 178 g/mol. The van der Waals surface area contributed by atoms with E-state index in [0.29, 0.717) is 6.29 Å². The van der Waals surface area contributed by atoms with E-state index in [9.17, 15) is 9.59 Å². The first-order chi connectivity index (χ1) is 4.81. The number of aldehydes is 1. The summed E-state index contributed by atoms with van der Waals surface area (Å²) < 4.78 is 0. The van der Waals surface area contributed by atoms with Crippen LogP contribution in [-0.2, 0) is 9.59 Å². The number of hydrogen-bond acceptors (Lipinski definition) is 4. The molecule has 0 fully saturated rings. The second-order valence-corrected chi connectivity index (χ2v) is 3.98. The van der Waals surface area contributed by atoms with Crippen LogP contribution < -0.4 is 0 Å². The molecule has 10 heavy (non-hydrogen) atoms. The van der Waals surface area contributed by atoms with Gasteiger partial charge in [-0.05, 0) is 5.75 Å². The molecule has 0 atom stereocenters. The van der Waals surface area contributed by atoms with Crippen LogP contribution >= 0.6 is 23.5 Å². The van der Waals surface area contributed by atoms with Crippen molar-refractivity contribution >= 4 is 34.9 Å². The number of carbonyl (C=O) groups is 2. The second-order valence-electron chi connectivity index (χ2n) is 1.48. The fourth-order valence-electron chi connectivity index (χ4n) is 0.380. The van der Waals surface area contributed by atoms with Crippen molar-refractivity contribution in [1.29, 1.82) is 0 Å². The van der Waals surface area contributed by atoms with Gasteiger partial charge in [-0.1, -0.05) is 18.7 Å². The summed E-state index contributed by atoms with van der Waals surface area (Å²) in [5, 5.41) is -0.364. The summed E-state index contributed by atoms with van der Waals surface area (Å²) in [4.78, 5) is 20.2. The van der Waals surface area contributed by atoms with Gasteiger partial charge in [-0.15, -0.1) is 0 Å². The van der Waals surface area contributed by atoms with Gasteiger partial charge in [0.25, 0.3) is 5.12 Å². The van der Waals surface area contributed by atoms with E-state index in [-0.39, 0.29) is 5.12 Å². The third kappa shape index (κ3) is 6.16. The van der Waals surface area contributed by atoms with E-state index < -0.39 is 0 Å². The summed E-state index contributed by atoms with van der Waals surface area (Å²) in [5.74, 6) is 2.76. The molecule has 0 aromatic carbocycles. The van der Waals surface area contributed by atoms with E-state index in [4.69, 9.17) is 0 Å². The summed E-state index contributed by atoms with van der Waals surface area (Å²) >= 11 is 2.86. The number of rotatable bonds is 5. The van der Waals surface area contributed by atoms with Gasteiger partial charge >= 0.3 is 0 Å². The maximum atomic E-state index is 10.4. The van der Waals surface area contributed by atoms with Gasteiger partial charge in [-0.25, -0.2) is 0 Å². The minimum Gasteiger partial charge on any atom is -0.294 e. The summed E-state index contributed by atoms with van der Waals surface area (Å²) in [6, 6.07) is 0. The van der Waals surface area contributed by atoms with Crippen molar-refractivity contribution in [2.75, 3.05) is 17.3 Å². The normalized spacial score (nSPS) is 9.30. The second kappa shape index (κ2) is 7.15. The van der Waals surface area contributed by atoms with Crippen LogP contribution in [0, 0.1) is 0 Å². The lowest BCUT2D eigenvalue weighted by Crippen LogP contribution is -1.95. The first-order valence-corrected chi connectivity index (χ1v) is 5.15. The maximum Gasteiger partial charge on any atom is 0.251 e. The highest BCUT2D eigenvalue weighted by molar-refractivity contribution is 8.15. The Balaban J connectivity index is 3.03. The lowest BCUT2D eigenvalue weighted by atomic mass is 10.9. The quantitative estimate of drug-likeness (QED) is 0.360.